The molecule has 22 heavy (non-hydrogen) atoms. The molecule has 0 saturated carbocycles. The van der Waals surface area contributed by atoms with Crippen LogP contribution in [0.4, 0.5) is 0 Å². The van der Waals surface area contributed by atoms with Gasteiger partial charge in [0.25, 0.3) is 0 Å². The van der Waals surface area contributed by atoms with Gasteiger partial charge in [0.2, 0.25) is 0 Å². The third kappa shape index (κ3) is 2.64. The van der Waals surface area contributed by atoms with E-state index in [2.05, 4.69) is 11.0 Å². The number of nitrogens with zero attached hydrogens (tertiary/aromatic N) is 1. The Morgan fingerprint density at radius 3 is 2.73 bits per heavy atom. The molecule has 0 bridgehead atoms. The number of sulfone groups is 1. The summed E-state index contributed by atoms with van der Waals surface area (Å²) in [7, 11) is 0.253. The molecular weight excluding hydrogens is 302 g/mol. The third-order valence-electron chi connectivity index (χ3n) is 5.03. The minimum Gasteiger partial charge on any atom is -0.496 e. The van der Waals surface area contributed by atoms with Gasteiger partial charge in [-0.2, -0.15) is 0 Å². The monoisotopic (exact) mass is 325 g/mol. The summed E-state index contributed by atoms with van der Waals surface area (Å²) in [5.74, 6) is 1.14. The lowest BCUT2D eigenvalue weighted by molar-refractivity contribution is 0.0802. The van der Waals surface area contributed by atoms with E-state index >= 15 is 0 Å². The van der Waals surface area contributed by atoms with Crippen LogP contribution in [0, 0.1) is 12.8 Å². The first-order valence-corrected chi connectivity index (χ1v) is 9.27. The fourth-order valence-corrected chi connectivity index (χ4v) is 6.08. The number of fused-ring (bicyclic) bond motifs is 1. The van der Waals surface area contributed by atoms with E-state index in [0.29, 0.717) is 6.54 Å². The summed E-state index contributed by atoms with van der Waals surface area (Å²) in [5.41, 5.74) is 2.30. The molecule has 2 saturated heterocycles. The van der Waals surface area contributed by atoms with Gasteiger partial charge in [-0.15, -0.1) is 0 Å². The van der Waals surface area contributed by atoms with Crippen molar-refractivity contribution in [2.24, 2.45) is 5.92 Å². The van der Waals surface area contributed by atoms with Gasteiger partial charge in [-0.1, -0.05) is 12.1 Å². The Hall–Kier alpha value is -1.11. The Kier molecular flexibility index (Phi) is 4.18. The van der Waals surface area contributed by atoms with Crippen molar-refractivity contribution in [2.75, 3.05) is 33.1 Å². The normalized spacial score (nSPS) is 30.4. The van der Waals surface area contributed by atoms with E-state index in [1.807, 2.05) is 19.1 Å². The van der Waals surface area contributed by atoms with Gasteiger partial charge < -0.3 is 9.47 Å². The van der Waals surface area contributed by atoms with Gasteiger partial charge in [-0.25, -0.2) is 8.42 Å². The van der Waals surface area contributed by atoms with Gasteiger partial charge in [0, 0.05) is 32.7 Å². The van der Waals surface area contributed by atoms with Crippen molar-refractivity contribution in [2.45, 2.75) is 24.8 Å². The zero-order valence-electron chi connectivity index (χ0n) is 13.3. The highest BCUT2D eigenvalue weighted by Crippen LogP contribution is 2.36. The van der Waals surface area contributed by atoms with Crippen molar-refractivity contribution < 1.29 is 17.9 Å². The van der Waals surface area contributed by atoms with Gasteiger partial charge in [-0.05, 0) is 24.1 Å². The summed E-state index contributed by atoms with van der Waals surface area (Å²) in [4.78, 5) is 2.22. The summed E-state index contributed by atoms with van der Waals surface area (Å²) in [6.07, 6.45) is -0.161. The lowest BCUT2D eigenvalue weighted by Crippen LogP contribution is -2.28. The number of rotatable bonds is 4. The molecule has 0 unspecified atom stereocenters. The van der Waals surface area contributed by atoms with Crippen molar-refractivity contribution in [3.05, 3.63) is 29.3 Å². The molecule has 122 valence electrons. The summed E-state index contributed by atoms with van der Waals surface area (Å²) in [6, 6.07) is 6.00. The third-order valence-corrected chi connectivity index (χ3v) is 7.25. The van der Waals surface area contributed by atoms with Crippen molar-refractivity contribution in [3.63, 3.8) is 0 Å². The van der Waals surface area contributed by atoms with E-state index in [0.717, 1.165) is 24.4 Å². The van der Waals surface area contributed by atoms with Crippen LogP contribution < -0.4 is 4.74 Å². The molecule has 2 heterocycles. The minimum absolute atomic E-state index is 0.0981. The van der Waals surface area contributed by atoms with Crippen LogP contribution in [0.2, 0.25) is 0 Å². The van der Waals surface area contributed by atoms with Crippen molar-refractivity contribution in [1.82, 2.24) is 4.90 Å². The molecular formula is C16H23NO4S. The summed E-state index contributed by atoms with van der Waals surface area (Å²) < 4.78 is 35.3. The van der Waals surface area contributed by atoms with E-state index in [1.54, 1.807) is 14.2 Å². The van der Waals surface area contributed by atoms with E-state index in [9.17, 15) is 8.42 Å². The molecule has 3 atom stereocenters. The van der Waals surface area contributed by atoms with Gasteiger partial charge >= 0.3 is 0 Å². The second-order valence-corrected chi connectivity index (χ2v) is 8.51. The van der Waals surface area contributed by atoms with Crippen LogP contribution in [0.3, 0.4) is 0 Å². The Morgan fingerprint density at radius 1 is 1.27 bits per heavy atom. The van der Waals surface area contributed by atoms with Crippen LogP contribution in [0.5, 0.6) is 5.75 Å². The molecule has 3 rings (SSSR count). The first-order valence-electron chi connectivity index (χ1n) is 7.55. The fourth-order valence-electron chi connectivity index (χ4n) is 3.76. The molecule has 0 amide bonds. The van der Waals surface area contributed by atoms with Crippen molar-refractivity contribution >= 4 is 9.84 Å². The molecule has 2 fully saturated rings. The summed E-state index contributed by atoms with van der Waals surface area (Å²) in [6.45, 7) is 4.17. The first kappa shape index (κ1) is 15.8. The van der Waals surface area contributed by atoms with E-state index < -0.39 is 9.84 Å². The molecule has 0 aliphatic carbocycles. The molecule has 6 heteroatoms. The quantitative estimate of drug-likeness (QED) is 0.834. The Bertz CT molecular complexity index is 658. The van der Waals surface area contributed by atoms with Gasteiger partial charge in [0.1, 0.15) is 5.75 Å². The molecule has 2 aliphatic rings. The van der Waals surface area contributed by atoms with Gasteiger partial charge in [-0.3, -0.25) is 4.90 Å². The van der Waals surface area contributed by atoms with Crippen molar-refractivity contribution in [1.29, 1.82) is 0 Å². The zero-order chi connectivity index (χ0) is 15.9. The minimum atomic E-state index is -3.02. The highest BCUT2D eigenvalue weighted by Gasteiger charge is 2.52. The molecule has 0 spiro atoms. The number of hydrogen-bond acceptors (Lipinski definition) is 5. The number of benzene rings is 1. The summed E-state index contributed by atoms with van der Waals surface area (Å²) in [5, 5.41) is -0.275. The fraction of sp³-hybridized carbons (Fsp3) is 0.625. The van der Waals surface area contributed by atoms with Gasteiger partial charge in [0.15, 0.2) is 9.84 Å². The lowest BCUT2D eigenvalue weighted by atomic mass is 10.0. The Morgan fingerprint density at radius 2 is 2.05 bits per heavy atom. The molecule has 5 nitrogen and oxygen atoms in total. The average molecular weight is 325 g/mol. The number of ether oxygens (including phenoxy) is 2. The maximum atomic E-state index is 12.3. The highest BCUT2D eigenvalue weighted by molar-refractivity contribution is 7.92. The van der Waals surface area contributed by atoms with E-state index in [1.165, 1.54) is 5.56 Å². The van der Waals surface area contributed by atoms with Crippen molar-refractivity contribution in [3.8, 4) is 5.75 Å². The van der Waals surface area contributed by atoms with E-state index in [4.69, 9.17) is 9.47 Å². The second-order valence-electron chi connectivity index (χ2n) is 6.24. The van der Waals surface area contributed by atoms with Gasteiger partial charge in [0.05, 0.1) is 24.2 Å². The predicted molar refractivity (Wildman–Crippen MR) is 84.9 cm³/mol. The number of likely N-dealkylation sites (tertiary alicyclic amines) is 1. The Labute approximate surface area is 132 Å². The smallest absolute Gasteiger partial charge is 0.157 e. The first-order chi connectivity index (χ1) is 10.5. The van der Waals surface area contributed by atoms with Crippen LogP contribution in [0.15, 0.2) is 18.2 Å². The molecule has 0 aromatic heterocycles. The number of methoxy groups -OCH3 is 2. The maximum Gasteiger partial charge on any atom is 0.157 e. The summed E-state index contributed by atoms with van der Waals surface area (Å²) >= 11 is 0. The van der Waals surface area contributed by atoms with Crippen LogP contribution in [0.25, 0.3) is 0 Å². The second kappa shape index (κ2) is 5.83. The van der Waals surface area contributed by atoms with Crippen LogP contribution in [-0.2, 0) is 21.1 Å². The predicted octanol–water partition coefficient (Wildman–Crippen LogP) is 1.25. The maximum absolute atomic E-state index is 12.3. The highest BCUT2D eigenvalue weighted by atomic mass is 32.2. The van der Waals surface area contributed by atoms with E-state index in [-0.39, 0.29) is 23.0 Å². The molecule has 0 radical (unpaired) electrons. The largest absolute Gasteiger partial charge is 0.496 e. The van der Waals surface area contributed by atoms with Crippen LogP contribution in [0.1, 0.15) is 11.1 Å². The SMILES string of the molecule is COc1cccc(CN2C[C@H]3[C@H](OC)CS(=O)(=O)[C@H]3C2)c1C. The topological polar surface area (TPSA) is 55.8 Å². The zero-order valence-corrected chi connectivity index (χ0v) is 14.1. The standard InChI is InChI=1S/C16H23NO4S/c1-11-12(5-4-6-14(11)20-2)7-17-8-13-15(21-3)10-22(18,19)16(13)9-17/h4-6,13,15-16H,7-10H2,1-3H3/t13-,15+,16-/m0/s1. The molecule has 0 N–H and O–H groups in total. The molecule has 1 aromatic carbocycles. The van der Waals surface area contributed by atoms with Crippen LogP contribution >= 0.6 is 0 Å². The lowest BCUT2D eigenvalue weighted by Gasteiger charge is -2.20. The van der Waals surface area contributed by atoms with Crippen LogP contribution in [-0.4, -0.2) is 57.7 Å². The molecule has 1 aromatic rings. The molecule has 2 aliphatic heterocycles. The number of hydrogen-bond donors (Lipinski definition) is 0. The Balaban J connectivity index is 1.77. The average Bonchev–Trinajstić information content (AvgIpc) is 3.00.